The van der Waals surface area contributed by atoms with Gasteiger partial charge in [-0.3, -0.25) is 19.7 Å². The lowest BCUT2D eigenvalue weighted by atomic mass is 9.93. The summed E-state index contributed by atoms with van der Waals surface area (Å²) in [4.78, 5) is 70.2. The zero-order valence-corrected chi connectivity index (χ0v) is 27.3. The Morgan fingerprint density at radius 1 is 1.19 bits per heavy atom. The summed E-state index contributed by atoms with van der Waals surface area (Å²) in [6.45, 7) is 5.68. The standard InChI is InChI=1S/C35H42N4O9/c1-22-9-7-15-36-30(42)14-13-23(2)32(24(3)20-47-35(45)37-25-10-5-4-6-11-25)48-34(44)29-12-8-16-39(29)33(43)28-21-46-31(38-28)19-27(41)18-26(40)17-22/h4-7,9-11,13-14,17,21,23-24,26,29,32,40H,8,12,15-16,18-20H2,1-3H3,(H,36,42)(H,37,45)/b9-7+,14-13+,22-17+/t23-,24-,26-,29-,32+/m1/s1. The molecule has 3 N–H and O–H groups in total. The lowest BCUT2D eigenvalue weighted by Gasteiger charge is -2.30. The molecule has 5 atom stereocenters. The predicted molar refractivity (Wildman–Crippen MR) is 175 cm³/mol. The van der Waals surface area contributed by atoms with Gasteiger partial charge in [-0.05, 0) is 38.0 Å². The van der Waals surface area contributed by atoms with Crippen LogP contribution in [0.1, 0.15) is 56.4 Å². The molecule has 0 spiro atoms. The molecule has 256 valence electrons. The summed E-state index contributed by atoms with van der Waals surface area (Å²) in [6.07, 6.45) is 6.99. The number of hydrogen-bond acceptors (Lipinski definition) is 10. The molecule has 0 radical (unpaired) electrons. The topological polar surface area (TPSA) is 177 Å². The van der Waals surface area contributed by atoms with Gasteiger partial charge in [0.2, 0.25) is 11.8 Å². The molecule has 1 saturated heterocycles. The van der Waals surface area contributed by atoms with Crippen molar-refractivity contribution in [2.45, 2.75) is 64.7 Å². The van der Waals surface area contributed by atoms with Crippen molar-refractivity contribution < 1.29 is 43.0 Å². The van der Waals surface area contributed by atoms with Crippen LogP contribution in [0.25, 0.3) is 0 Å². The van der Waals surface area contributed by atoms with Crippen molar-refractivity contribution in [1.29, 1.82) is 0 Å². The molecule has 0 saturated carbocycles. The van der Waals surface area contributed by atoms with Gasteiger partial charge in [0, 0.05) is 37.0 Å². The molecule has 13 heteroatoms. The molecule has 3 heterocycles. The second kappa shape index (κ2) is 17.2. The zero-order valence-electron chi connectivity index (χ0n) is 27.3. The first-order valence-electron chi connectivity index (χ1n) is 16.0. The fourth-order valence-electron chi connectivity index (χ4n) is 5.53. The Morgan fingerprint density at radius 2 is 1.96 bits per heavy atom. The summed E-state index contributed by atoms with van der Waals surface area (Å²) >= 11 is 0. The molecule has 48 heavy (non-hydrogen) atoms. The van der Waals surface area contributed by atoms with Crippen LogP contribution in [-0.4, -0.2) is 82.6 Å². The molecule has 2 bridgehead atoms. The third-order valence-corrected chi connectivity index (χ3v) is 7.95. The molecule has 13 nitrogen and oxygen atoms in total. The van der Waals surface area contributed by atoms with Crippen molar-refractivity contribution >= 4 is 35.3 Å². The van der Waals surface area contributed by atoms with E-state index in [1.165, 1.54) is 17.1 Å². The number of benzene rings is 1. The van der Waals surface area contributed by atoms with Crippen molar-refractivity contribution in [3.05, 3.63) is 84.1 Å². The Kier molecular flexibility index (Phi) is 12.8. The minimum Gasteiger partial charge on any atom is -0.460 e. The minimum atomic E-state index is -1.05. The number of oxazole rings is 1. The quantitative estimate of drug-likeness (QED) is 0.409. The van der Waals surface area contributed by atoms with Gasteiger partial charge in [-0.1, -0.05) is 61.9 Å². The van der Waals surface area contributed by atoms with E-state index in [9.17, 15) is 29.1 Å². The number of carbonyl (C=O) groups excluding carboxylic acids is 5. The van der Waals surface area contributed by atoms with Gasteiger partial charge in [-0.2, -0.15) is 0 Å². The number of Topliss-reactive ketones (excluding diaryl/α,β-unsaturated/α-hetero) is 1. The average Bonchev–Trinajstić information content (AvgIpc) is 3.73. The van der Waals surface area contributed by atoms with Gasteiger partial charge in [0.1, 0.15) is 24.2 Å². The maximum atomic E-state index is 13.6. The van der Waals surface area contributed by atoms with Crippen molar-refractivity contribution in [3.8, 4) is 0 Å². The monoisotopic (exact) mass is 662 g/mol. The molecule has 4 rings (SSSR count). The number of rotatable bonds is 4. The van der Waals surface area contributed by atoms with Crippen molar-refractivity contribution in [1.82, 2.24) is 15.2 Å². The number of nitrogens with one attached hydrogen (secondary N) is 2. The lowest BCUT2D eigenvalue weighted by Crippen LogP contribution is -2.44. The molecule has 2 aliphatic heterocycles. The maximum Gasteiger partial charge on any atom is 0.411 e. The Balaban J connectivity index is 1.54. The van der Waals surface area contributed by atoms with Crippen LogP contribution in [-0.2, 0) is 30.3 Å². The normalized spacial score (nSPS) is 26.2. The first-order valence-corrected chi connectivity index (χ1v) is 16.0. The zero-order chi connectivity index (χ0) is 34.6. The number of para-hydroxylation sites is 1. The summed E-state index contributed by atoms with van der Waals surface area (Å²) in [7, 11) is 0. The number of amides is 3. The third kappa shape index (κ3) is 10.5. The number of cyclic esters (lactones) is 1. The number of anilines is 1. The maximum absolute atomic E-state index is 13.6. The van der Waals surface area contributed by atoms with Crippen molar-refractivity contribution in [2.24, 2.45) is 11.8 Å². The molecule has 2 aromatic rings. The number of nitrogens with zero attached hydrogens (tertiary/aromatic N) is 2. The Bertz CT molecular complexity index is 1550. The first kappa shape index (κ1) is 35.8. The fraction of sp³-hybridized carbons (Fsp3) is 0.429. The number of ether oxygens (including phenoxy) is 2. The van der Waals surface area contributed by atoms with E-state index in [-0.39, 0.29) is 55.8 Å². The SMILES string of the molecule is CC1=C\[C@@H](O)CC(=O)Cc2nc(co2)C(=O)N2CCC[C@@H]2C(=O)O[C@H]([C@H](C)COC(=O)Nc2ccccc2)[C@H](C)/C=C/C(=O)NC\C=C\1. The van der Waals surface area contributed by atoms with Gasteiger partial charge >= 0.3 is 12.1 Å². The lowest BCUT2D eigenvalue weighted by molar-refractivity contribution is -0.159. The highest BCUT2D eigenvalue weighted by Crippen LogP contribution is 2.26. The second-order valence-electron chi connectivity index (χ2n) is 12.0. The molecule has 1 fully saturated rings. The van der Waals surface area contributed by atoms with Crippen LogP contribution in [0.15, 0.2) is 77.0 Å². The molecular weight excluding hydrogens is 620 g/mol. The number of allylic oxidation sites excluding steroid dienone is 2. The van der Waals surface area contributed by atoms with Gasteiger partial charge in [-0.15, -0.1) is 0 Å². The molecule has 1 aromatic heterocycles. The largest absolute Gasteiger partial charge is 0.460 e. The average molecular weight is 663 g/mol. The number of aromatic nitrogens is 1. The summed E-state index contributed by atoms with van der Waals surface area (Å²) in [5.41, 5.74) is 1.19. The van der Waals surface area contributed by atoms with E-state index in [1.54, 1.807) is 63.3 Å². The van der Waals surface area contributed by atoms with E-state index in [4.69, 9.17) is 13.9 Å². The summed E-state index contributed by atoms with van der Waals surface area (Å²) in [6, 6.07) is 7.89. The highest BCUT2D eigenvalue weighted by molar-refractivity contribution is 5.95. The Hall–Kier alpha value is -5.04. The minimum absolute atomic E-state index is 0.0226. The van der Waals surface area contributed by atoms with E-state index < -0.39 is 48.1 Å². The number of carbonyl (C=O) groups is 5. The van der Waals surface area contributed by atoms with E-state index in [2.05, 4.69) is 15.6 Å². The predicted octanol–water partition coefficient (Wildman–Crippen LogP) is 3.76. The van der Waals surface area contributed by atoms with Gasteiger partial charge in [0.15, 0.2) is 5.69 Å². The van der Waals surface area contributed by atoms with Gasteiger partial charge in [0.05, 0.1) is 19.1 Å². The van der Waals surface area contributed by atoms with Crippen LogP contribution in [0.3, 0.4) is 0 Å². The number of hydrogen-bond donors (Lipinski definition) is 3. The smallest absolute Gasteiger partial charge is 0.411 e. The molecule has 1 aromatic carbocycles. The Labute approximate surface area is 279 Å². The van der Waals surface area contributed by atoms with Crippen LogP contribution >= 0.6 is 0 Å². The van der Waals surface area contributed by atoms with Crippen LogP contribution in [0.5, 0.6) is 0 Å². The summed E-state index contributed by atoms with van der Waals surface area (Å²) in [5, 5.41) is 15.7. The van der Waals surface area contributed by atoms with E-state index >= 15 is 0 Å². The Morgan fingerprint density at radius 3 is 2.73 bits per heavy atom. The fourth-order valence-corrected chi connectivity index (χ4v) is 5.53. The molecule has 0 aliphatic carbocycles. The van der Waals surface area contributed by atoms with Gasteiger partial charge in [0.25, 0.3) is 5.91 Å². The van der Waals surface area contributed by atoms with Crippen LogP contribution < -0.4 is 10.6 Å². The molecule has 0 unspecified atom stereocenters. The van der Waals surface area contributed by atoms with Crippen LogP contribution in [0.4, 0.5) is 10.5 Å². The number of esters is 1. The van der Waals surface area contributed by atoms with Crippen LogP contribution in [0, 0.1) is 11.8 Å². The van der Waals surface area contributed by atoms with Crippen molar-refractivity contribution in [2.75, 3.05) is 25.0 Å². The highest BCUT2D eigenvalue weighted by Gasteiger charge is 2.39. The first-order chi connectivity index (χ1) is 23.0. The van der Waals surface area contributed by atoms with Gasteiger partial charge in [-0.25, -0.2) is 14.6 Å². The highest BCUT2D eigenvalue weighted by atomic mass is 16.6. The number of aliphatic hydroxyl groups is 1. The number of aliphatic hydroxyl groups excluding tert-OH is 1. The van der Waals surface area contributed by atoms with Crippen molar-refractivity contribution in [3.63, 3.8) is 0 Å². The molecule has 3 amide bonds. The van der Waals surface area contributed by atoms with E-state index in [0.29, 0.717) is 24.1 Å². The number of ketones is 1. The third-order valence-electron chi connectivity index (χ3n) is 7.95. The molecular formula is C35H42N4O9. The summed E-state index contributed by atoms with van der Waals surface area (Å²) in [5.74, 6) is -2.87. The van der Waals surface area contributed by atoms with E-state index in [0.717, 1.165) is 6.26 Å². The van der Waals surface area contributed by atoms with Gasteiger partial charge < -0.3 is 29.2 Å². The van der Waals surface area contributed by atoms with E-state index in [1.807, 2.05) is 6.07 Å². The summed E-state index contributed by atoms with van der Waals surface area (Å²) < 4.78 is 16.8. The van der Waals surface area contributed by atoms with Crippen LogP contribution in [0.2, 0.25) is 0 Å². The second-order valence-corrected chi connectivity index (χ2v) is 12.0. The molecule has 2 aliphatic rings. The number of fused-ring (bicyclic) bond motifs is 3.